The Bertz CT molecular complexity index is 861. The highest BCUT2D eigenvalue weighted by Gasteiger charge is 2.19. The van der Waals surface area contributed by atoms with Gasteiger partial charge in [0.1, 0.15) is 29.7 Å². The van der Waals surface area contributed by atoms with Crippen LogP contribution in [0.15, 0.2) is 39.2 Å². The molecule has 2 rings (SSSR count). The number of nitrogens with one attached hydrogen (secondary N) is 1. The fourth-order valence-corrected chi connectivity index (χ4v) is 3.92. The van der Waals surface area contributed by atoms with E-state index in [0.29, 0.717) is 28.8 Å². The third-order valence-corrected chi connectivity index (χ3v) is 4.65. The van der Waals surface area contributed by atoms with Gasteiger partial charge in [-0.2, -0.15) is 5.26 Å². The lowest BCUT2D eigenvalue weighted by molar-refractivity contribution is 0.362. The van der Waals surface area contributed by atoms with E-state index in [2.05, 4.69) is 55.1 Å². The number of hydrogen-bond donors (Lipinski definition) is 1. The van der Waals surface area contributed by atoms with E-state index in [-0.39, 0.29) is 5.56 Å². The summed E-state index contributed by atoms with van der Waals surface area (Å²) in [4.78, 5) is 19.1. The van der Waals surface area contributed by atoms with Crippen molar-refractivity contribution in [1.29, 1.82) is 5.26 Å². The summed E-state index contributed by atoms with van der Waals surface area (Å²) in [6, 6.07) is 5.60. The lowest BCUT2D eigenvalue weighted by Crippen LogP contribution is -2.15. The van der Waals surface area contributed by atoms with Crippen LogP contribution >= 0.6 is 50.3 Å². The Morgan fingerprint density at radius 1 is 1.61 bits per heavy atom. The number of ether oxygens (including phenoxy) is 1. The summed E-state index contributed by atoms with van der Waals surface area (Å²) in [5, 5.41) is 9.78. The maximum Gasteiger partial charge on any atom is 0.270 e. The molecule has 0 spiro atoms. The second-order valence-electron chi connectivity index (χ2n) is 4.27. The zero-order chi connectivity index (χ0) is 17.0. The molecule has 1 N–H and O–H groups in total. The Kier molecular flexibility index (Phi) is 6.26. The molecule has 23 heavy (non-hydrogen) atoms. The Morgan fingerprint density at radius 2 is 2.35 bits per heavy atom. The number of aromatic amines is 1. The molecule has 5 nitrogen and oxygen atoms in total. The average molecular weight is 504 g/mol. The van der Waals surface area contributed by atoms with E-state index in [4.69, 9.17) is 4.74 Å². The zero-order valence-electron chi connectivity index (χ0n) is 12.0. The van der Waals surface area contributed by atoms with Gasteiger partial charge in [-0.3, -0.25) is 4.79 Å². The molecular weight excluding hydrogens is 493 g/mol. The number of aromatic nitrogens is 2. The van der Waals surface area contributed by atoms with Crippen LogP contribution in [0.5, 0.6) is 5.75 Å². The molecule has 0 unspecified atom stereocenters. The Labute approximate surface area is 159 Å². The van der Waals surface area contributed by atoms with Crippen molar-refractivity contribution in [2.75, 3.05) is 12.9 Å². The van der Waals surface area contributed by atoms with E-state index in [9.17, 15) is 10.1 Å². The van der Waals surface area contributed by atoms with Gasteiger partial charge in [0.15, 0.2) is 5.16 Å². The van der Waals surface area contributed by atoms with Gasteiger partial charge >= 0.3 is 0 Å². The van der Waals surface area contributed by atoms with E-state index in [1.807, 2.05) is 12.1 Å². The van der Waals surface area contributed by atoms with Crippen molar-refractivity contribution in [2.24, 2.45) is 0 Å². The number of thioether (sulfide) groups is 1. The minimum atomic E-state index is -0.466. The van der Waals surface area contributed by atoms with Gasteiger partial charge in [-0.1, -0.05) is 40.3 Å². The molecule has 1 aromatic heterocycles. The average Bonchev–Trinajstić information content (AvgIpc) is 2.52. The van der Waals surface area contributed by atoms with E-state index in [0.717, 1.165) is 8.04 Å². The van der Waals surface area contributed by atoms with E-state index < -0.39 is 5.56 Å². The second-order valence-corrected chi connectivity index (χ2v) is 7.15. The van der Waals surface area contributed by atoms with Crippen LogP contribution in [0.25, 0.3) is 11.3 Å². The molecule has 0 bridgehead atoms. The van der Waals surface area contributed by atoms with Crippen LogP contribution in [0.3, 0.4) is 0 Å². The Hall–Kier alpha value is -1.31. The van der Waals surface area contributed by atoms with Crippen LogP contribution in [0, 0.1) is 14.9 Å². The monoisotopic (exact) mass is 503 g/mol. The second kappa shape index (κ2) is 7.99. The number of benzene rings is 1. The number of H-pyrrole nitrogens is 1. The minimum absolute atomic E-state index is 0.0415. The van der Waals surface area contributed by atoms with Crippen LogP contribution in [-0.4, -0.2) is 22.8 Å². The molecule has 0 amide bonds. The number of hydrogen-bond acceptors (Lipinski definition) is 5. The summed E-state index contributed by atoms with van der Waals surface area (Å²) < 4.78 is 7.37. The van der Waals surface area contributed by atoms with Crippen LogP contribution in [0.4, 0.5) is 0 Å². The molecule has 0 atom stereocenters. The van der Waals surface area contributed by atoms with E-state index in [1.165, 1.54) is 11.8 Å². The van der Waals surface area contributed by atoms with Crippen molar-refractivity contribution in [3.8, 4) is 23.1 Å². The molecule has 2 aromatic rings. The molecular formula is C15H11BrIN3O2S. The van der Waals surface area contributed by atoms with Crippen LogP contribution in [0.2, 0.25) is 0 Å². The maximum atomic E-state index is 12.1. The van der Waals surface area contributed by atoms with Crippen molar-refractivity contribution < 1.29 is 4.74 Å². The zero-order valence-corrected chi connectivity index (χ0v) is 16.6. The number of halogens is 2. The van der Waals surface area contributed by atoms with Crippen molar-refractivity contribution in [2.45, 2.75) is 5.16 Å². The van der Waals surface area contributed by atoms with Gasteiger partial charge in [0, 0.05) is 10.0 Å². The van der Waals surface area contributed by atoms with E-state index in [1.54, 1.807) is 18.4 Å². The normalized spacial score (nSPS) is 10.2. The smallest absolute Gasteiger partial charge is 0.270 e. The molecule has 0 saturated carbocycles. The molecule has 0 fully saturated rings. The van der Waals surface area contributed by atoms with Gasteiger partial charge in [0.25, 0.3) is 5.56 Å². The quantitative estimate of drug-likeness (QED) is 0.289. The van der Waals surface area contributed by atoms with E-state index >= 15 is 0 Å². The highest BCUT2D eigenvalue weighted by molar-refractivity contribution is 14.1. The number of nitrogens with zero attached hydrogens (tertiary/aromatic N) is 2. The van der Waals surface area contributed by atoms with Gasteiger partial charge in [0.2, 0.25) is 0 Å². The van der Waals surface area contributed by atoms with Crippen LogP contribution in [0.1, 0.15) is 5.56 Å². The first-order valence-corrected chi connectivity index (χ1v) is 9.43. The Balaban J connectivity index is 2.80. The molecule has 1 heterocycles. The summed E-state index contributed by atoms with van der Waals surface area (Å²) >= 11 is 6.86. The SMILES string of the molecule is C=CCOc1c(I)cc(Br)cc1-c1nc(SC)[nH]c(=O)c1C#N. The van der Waals surface area contributed by atoms with Crippen LogP contribution < -0.4 is 10.3 Å². The van der Waals surface area contributed by atoms with Crippen molar-refractivity contribution in [3.05, 3.63) is 48.7 Å². The molecule has 8 heteroatoms. The Morgan fingerprint density at radius 3 is 2.96 bits per heavy atom. The summed E-state index contributed by atoms with van der Waals surface area (Å²) in [5.41, 5.74) is 0.383. The number of nitriles is 1. The predicted molar refractivity (Wildman–Crippen MR) is 103 cm³/mol. The fraction of sp³-hybridized carbons (Fsp3) is 0.133. The van der Waals surface area contributed by atoms with Crippen molar-refractivity contribution >= 4 is 50.3 Å². The van der Waals surface area contributed by atoms with Gasteiger partial charge in [-0.25, -0.2) is 4.98 Å². The summed E-state index contributed by atoms with van der Waals surface area (Å²) in [6.45, 7) is 3.95. The molecule has 118 valence electrons. The van der Waals surface area contributed by atoms with Crippen molar-refractivity contribution in [3.63, 3.8) is 0 Å². The molecule has 0 saturated heterocycles. The first-order chi connectivity index (χ1) is 11.0. The van der Waals surface area contributed by atoms with Gasteiger partial charge < -0.3 is 9.72 Å². The minimum Gasteiger partial charge on any atom is -0.488 e. The molecule has 0 radical (unpaired) electrons. The standard InChI is InChI=1S/C15H11BrIN3O2S/c1-3-4-22-13-9(5-8(16)6-11(13)17)12-10(7-18)14(21)20-15(19-12)23-2/h3,5-6H,1,4H2,2H3,(H,19,20,21). The summed E-state index contributed by atoms with van der Waals surface area (Å²) in [6.07, 6.45) is 3.43. The first-order valence-electron chi connectivity index (χ1n) is 6.33. The highest BCUT2D eigenvalue weighted by Crippen LogP contribution is 2.37. The first kappa shape index (κ1) is 18.0. The lowest BCUT2D eigenvalue weighted by atomic mass is 10.1. The largest absolute Gasteiger partial charge is 0.488 e. The topological polar surface area (TPSA) is 78.8 Å². The molecule has 0 aliphatic rings. The number of rotatable bonds is 5. The third kappa shape index (κ3) is 3.97. The van der Waals surface area contributed by atoms with Crippen LogP contribution in [-0.2, 0) is 0 Å². The molecule has 0 aliphatic carbocycles. The van der Waals surface area contributed by atoms with Crippen molar-refractivity contribution in [1.82, 2.24) is 9.97 Å². The lowest BCUT2D eigenvalue weighted by Gasteiger charge is -2.14. The van der Waals surface area contributed by atoms with Gasteiger partial charge in [0.05, 0.1) is 3.57 Å². The predicted octanol–water partition coefficient (Wildman–Crippen LogP) is 3.96. The van der Waals surface area contributed by atoms with Gasteiger partial charge in [-0.15, -0.1) is 0 Å². The molecule has 1 aromatic carbocycles. The molecule has 0 aliphatic heterocycles. The summed E-state index contributed by atoms with van der Waals surface area (Å²) in [5.74, 6) is 0.565. The van der Waals surface area contributed by atoms with Gasteiger partial charge in [-0.05, 0) is 41.0 Å². The third-order valence-electron chi connectivity index (χ3n) is 2.81. The maximum absolute atomic E-state index is 12.1. The summed E-state index contributed by atoms with van der Waals surface area (Å²) in [7, 11) is 0. The fourth-order valence-electron chi connectivity index (χ4n) is 1.87. The highest BCUT2D eigenvalue weighted by atomic mass is 127.